The average molecular weight is 306 g/mol. The van der Waals surface area contributed by atoms with E-state index < -0.39 is 0 Å². The van der Waals surface area contributed by atoms with Crippen molar-refractivity contribution in [3.63, 3.8) is 0 Å². The molecule has 2 N–H and O–H groups in total. The molecule has 0 amide bonds. The Balaban J connectivity index is 1.71. The highest BCUT2D eigenvalue weighted by molar-refractivity contribution is 5.28. The lowest BCUT2D eigenvalue weighted by atomic mass is 10.0. The molecular weight excluding hydrogens is 276 g/mol. The molecule has 22 heavy (non-hydrogen) atoms. The average Bonchev–Trinajstić information content (AvgIpc) is 2.46. The van der Waals surface area contributed by atoms with E-state index >= 15 is 0 Å². The number of benzene rings is 1. The Morgan fingerprint density at radius 2 is 1.86 bits per heavy atom. The number of ether oxygens (including phenoxy) is 1. The number of rotatable bonds is 7. The number of nitrogens with zero attached hydrogens (tertiary/aromatic N) is 1. The van der Waals surface area contributed by atoms with Crippen LogP contribution in [0.5, 0.6) is 0 Å². The van der Waals surface area contributed by atoms with Gasteiger partial charge in [-0.05, 0) is 45.3 Å². The molecule has 0 saturated carbocycles. The molecule has 2 rings (SSSR count). The van der Waals surface area contributed by atoms with Gasteiger partial charge in [-0.3, -0.25) is 0 Å². The van der Waals surface area contributed by atoms with Gasteiger partial charge in [-0.2, -0.15) is 0 Å². The third-order valence-corrected chi connectivity index (χ3v) is 4.29. The maximum absolute atomic E-state index is 9.79. The Kier molecular flexibility index (Phi) is 6.83. The van der Waals surface area contributed by atoms with E-state index in [2.05, 4.69) is 42.3 Å². The van der Waals surface area contributed by atoms with E-state index in [1.807, 2.05) is 0 Å². The van der Waals surface area contributed by atoms with Gasteiger partial charge in [0.25, 0.3) is 0 Å². The Hall–Kier alpha value is -0.940. The fourth-order valence-corrected chi connectivity index (χ4v) is 3.30. The largest absolute Gasteiger partial charge is 0.389 e. The van der Waals surface area contributed by atoms with Crippen molar-refractivity contribution in [2.45, 2.75) is 45.4 Å². The predicted molar refractivity (Wildman–Crippen MR) is 90.1 cm³/mol. The molecule has 4 nitrogen and oxygen atoms in total. The molecule has 1 unspecified atom stereocenters. The van der Waals surface area contributed by atoms with Gasteiger partial charge >= 0.3 is 0 Å². The smallest absolute Gasteiger partial charge is 0.0900 e. The minimum absolute atomic E-state index is 0.371. The Bertz CT molecular complexity index is 436. The highest BCUT2D eigenvalue weighted by Gasteiger charge is 2.20. The monoisotopic (exact) mass is 306 g/mol. The first-order valence-electron chi connectivity index (χ1n) is 8.26. The van der Waals surface area contributed by atoms with Crippen molar-refractivity contribution < 1.29 is 9.84 Å². The fraction of sp³-hybridized carbons (Fsp3) is 0.667. The maximum Gasteiger partial charge on any atom is 0.0900 e. The van der Waals surface area contributed by atoms with Gasteiger partial charge in [0.05, 0.1) is 12.7 Å². The van der Waals surface area contributed by atoms with E-state index in [9.17, 15) is 5.11 Å². The maximum atomic E-state index is 9.79. The fourth-order valence-electron chi connectivity index (χ4n) is 3.30. The molecule has 0 bridgehead atoms. The van der Waals surface area contributed by atoms with Crippen LogP contribution >= 0.6 is 0 Å². The quantitative estimate of drug-likeness (QED) is 0.807. The van der Waals surface area contributed by atoms with Gasteiger partial charge in [-0.15, -0.1) is 0 Å². The van der Waals surface area contributed by atoms with Crippen molar-refractivity contribution in [3.05, 3.63) is 34.9 Å². The van der Waals surface area contributed by atoms with E-state index in [-0.39, 0.29) is 6.10 Å². The summed E-state index contributed by atoms with van der Waals surface area (Å²) in [5.41, 5.74) is 4.04. The summed E-state index contributed by atoms with van der Waals surface area (Å²) >= 11 is 0. The Morgan fingerprint density at radius 1 is 1.23 bits per heavy atom. The summed E-state index contributed by atoms with van der Waals surface area (Å²) in [5.74, 6) is 0. The molecule has 1 aliphatic rings. The molecular formula is C18H30N2O2. The van der Waals surface area contributed by atoms with Crippen molar-refractivity contribution >= 4 is 0 Å². The van der Waals surface area contributed by atoms with Crippen molar-refractivity contribution in [3.8, 4) is 0 Å². The first-order valence-corrected chi connectivity index (χ1v) is 8.26. The van der Waals surface area contributed by atoms with E-state index in [0.29, 0.717) is 12.6 Å². The number of aliphatic hydroxyl groups excluding tert-OH is 1. The summed E-state index contributed by atoms with van der Waals surface area (Å²) in [7, 11) is 1.63. The molecule has 1 fully saturated rings. The van der Waals surface area contributed by atoms with E-state index in [0.717, 1.165) is 39.0 Å². The van der Waals surface area contributed by atoms with Gasteiger partial charge in [-0.25, -0.2) is 0 Å². The van der Waals surface area contributed by atoms with Crippen molar-refractivity contribution in [1.29, 1.82) is 0 Å². The van der Waals surface area contributed by atoms with Crippen LogP contribution in [0, 0.1) is 13.8 Å². The molecule has 0 radical (unpaired) electrons. The van der Waals surface area contributed by atoms with E-state index in [1.165, 1.54) is 16.7 Å². The van der Waals surface area contributed by atoms with Crippen LogP contribution < -0.4 is 5.32 Å². The predicted octanol–water partition coefficient (Wildman–Crippen LogP) is 1.86. The molecule has 0 aliphatic carbocycles. The van der Waals surface area contributed by atoms with Crippen LogP contribution in [0.15, 0.2) is 18.2 Å². The number of aryl methyl sites for hydroxylation is 2. The number of aliphatic hydroxyl groups is 1. The van der Waals surface area contributed by atoms with Gasteiger partial charge in [-0.1, -0.05) is 29.3 Å². The summed E-state index contributed by atoms with van der Waals surface area (Å²) in [6, 6.07) is 7.32. The summed E-state index contributed by atoms with van der Waals surface area (Å²) in [6.07, 6.45) is 1.92. The second-order valence-corrected chi connectivity index (χ2v) is 6.56. The number of likely N-dealkylation sites (tertiary alicyclic amines) is 1. The minimum atomic E-state index is -0.371. The summed E-state index contributed by atoms with van der Waals surface area (Å²) < 4.78 is 4.98. The van der Waals surface area contributed by atoms with Crippen molar-refractivity contribution in [2.24, 2.45) is 0 Å². The van der Waals surface area contributed by atoms with Gasteiger partial charge in [0.2, 0.25) is 0 Å². The molecule has 1 heterocycles. The second-order valence-electron chi connectivity index (χ2n) is 6.56. The van der Waals surface area contributed by atoms with Crippen molar-refractivity contribution in [2.75, 3.05) is 33.4 Å². The van der Waals surface area contributed by atoms with Crippen LogP contribution in [0.4, 0.5) is 0 Å². The lowest BCUT2D eigenvalue weighted by Gasteiger charge is -2.33. The van der Waals surface area contributed by atoms with Crippen LogP contribution in [0.25, 0.3) is 0 Å². The van der Waals surface area contributed by atoms with E-state index in [1.54, 1.807) is 7.11 Å². The van der Waals surface area contributed by atoms with Gasteiger partial charge < -0.3 is 20.1 Å². The number of hydrogen-bond acceptors (Lipinski definition) is 4. The normalized spacial score (nSPS) is 18.5. The van der Waals surface area contributed by atoms with Crippen LogP contribution in [0.2, 0.25) is 0 Å². The molecule has 0 aromatic heterocycles. The zero-order valence-corrected chi connectivity index (χ0v) is 14.1. The number of nitrogens with one attached hydrogen (secondary N) is 1. The standard InChI is InChI=1S/C18H30N2O2/c1-14-8-15(2)10-16(9-14)11-19-17-4-6-20(7-5-17)12-18(21)13-22-3/h8-10,17-19,21H,4-7,11-13H2,1-3H3. The first-order chi connectivity index (χ1) is 10.6. The molecule has 1 aromatic rings. The summed E-state index contributed by atoms with van der Waals surface area (Å²) in [5, 5.41) is 13.5. The molecule has 124 valence electrons. The summed E-state index contributed by atoms with van der Waals surface area (Å²) in [4.78, 5) is 2.33. The van der Waals surface area contributed by atoms with E-state index in [4.69, 9.17) is 4.74 Å². The third-order valence-electron chi connectivity index (χ3n) is 4.29. The summed E-state index contributed by atoms with van der Waals surface area (Å²) in [6.45, 7) is 8.49. The van der Waals surface area contributed by atoms with Gasteiger partial charge in [0.15, 0.2) is 0 Å². The van der Waals surface area contributed by atoms with Gasteiger partial charge in [0, 0.05) is 26.2 Å². The Morgan fingerprint density at radius 3 is 2.45 bits per heavy atom. The highest BCUT2D eigenvalue weighted by Crippen LogP contribution is 2.13. The molecule has 1 aromatic carbocycles. The lowest BCUT2D eigenvalue weighted by Crippen LogP contribution is -2.45. The zero-order chi connectivity index (χ0) is 15.9. The highest BCUT2D eigenvalue weighted by atomic mass is 16.5. The minimum Gasteiger partial charge on any atom is -0.389 e. The third kappa shape index (κ3) is 5.69. The van der Waals surface area contributed by atoms with Gasteiger partial charge in [0.1, 0.15) is 0 Å². The number of piperidine rings is 1. The molecule has 1 atom stereocenters. The molecule has 1 saturated heterocycles. The number of β-amino-alcohol motifs (C(OH)–C–C–N with tert-alkyl or cyclic N) is 1. The molecule has 1 aliphatic heterocycles. The second kappa shape index (κ2) is 8.63. The van der Waals surface area contributed by atoms with Crippen LogP contribution in [0.1, 0.15) is 29.5 Å². The first kappa shape index (κ1) is 17.4. The zero-order valence-electron chi connectivity index (χ0n) is 14.1. The number of hydrogen-bond donors (Lipinski definition) is 2. The molecule has 0 spiro atoms. The molecule has 4 heteroatoms. The lowest BCUT2D eigenvalue weighted by molar-refractivity contribution is 0.0310. The van der Waals surface area contributed by atoms with Crippen LogP contribution in [-0.2, 0) is 11.3 Å². The number of methoxy groups -OCH3 is 1. The van der Waals surface area contributed by atoms with Crippen LogP contribution in [0.3, 0.4) is 0 Å². The Labute approximate surface area is 134 Å². The van der Waals surface area contributed by atoms with Crippen molar-refractivity contribution in [1.82, 2.24) is 10.2 Å². The van der Waals surface area contributed by atoms with Crippen LogP contribution in [-0.4, -0.2) is 55.5 Å². The topological polar surface area (TPSA) is 44.7 Å². The SMILES string of the molecule is COCC(O)CN1CCC(NCc2cc(C)cc(C)c2)CC1.